The number of benzene rings is 2. The molecule has 2 aromatic carbocycles. The Bertz CT molecular complexity index is 1060. The van der Waals surface area contributed by atoms with Crippen molar-refractivity contribution in [2.75, 3.05) is 18.5 Å². The van der Waals surface area contributed by atoms with Crippen LogP contribution in [0.2, 0.25) is 0 Å². The number of carbonyl (C=O) groups is 1. The van der Waals surface area contributed by atoms with Gasteiger partial charge in [-0.2, -0.15) is 0 Å². The number of rotatable bonds is 7. The Morgan fingerprint density at radius 3 is 2.39 bits per heavy atom. The first-order valence-electron chi connectivity index (χ1n) is 9.87. The molecule has 0 spiro atoms. The first-order chi connectivity index (χ1) is 14.6. The largest absolute Gasteiger partial charge is 0.381 e. The van der Waals surface area contributed by atoms with E-state index in [1.54, 1.807) is 18.2 Å². The molecule has 1 amide bonds. The van der Waals surface area contributed by atoms with Gasteiger partial charge in [-0.15, -0.1) is 0 Å². The van der Waals surface area contributed by atoms with Crippen molar-refractivity contribution in [3.05, 3.63) is 64.2 Å². The van der Waals surface area contributed by atoms with E-state index in [0.717, 1.165) is 18.9 Å². The van der Waals surface area contributed by atoms with E-state index in [-0.39, 0.29) is 27.8 Å². The molecule has 2 N–H and O–H groups in total. The van der Waals surface area contributed by atoms with Gasteiger partial charge in [-0.25, -0.2) is 13.1 Å². The van der Waals surface area contributed by atoms with E-state index in [9.17, 15) is 23.3 Å². The normalized spacial score (nSPS) is 15.3. The number of anilines is 1. The lowest BCUT2D eigenvalue weighted by Gasteiger charge is -2.38. The third-order valence-corrected chi connectivity index (χ3v) is 6.77. The Balaban J connectivity index is 1.85. The molecular formula is C21H25N3O6S. The van der Waals surface area contributed by atoms with Crippen molar-refractivity contribution in [2.24, 2.45) is 5.92 Å². The van der Waals surface area contributed by atoms with Gasteiger partial charge < -0.3 is 10.1 Å². The standard InChI is InChI=1S/C21H25N3O6S/c1-21(2,16-10-12-30-13-11-16)22-18-9-8-17(14-19(18)24(26)27)31(28,29)23-20(25)15-6-4-3-5-7-15/h3-9,14,16,22H,10-13H2,1-2H3,(H,23,25). The molecule has 0 aromatic heterocycles. The first kappa shape index (κ1) is 22.7. The zero-order chi connectivity index (χ0) is 22.6. The lowest BCUT2D eigenvalue weighted by atomic mass is 9.81. The highest BCUT2D eigenvalue weighted by molar-refractivity contribution is 7.90. The number of amides is 1. The van der Waals surface area contributed by atoms with Gasteiger partial charge in [0.2, 0.25) is 0 Å². The average Bonchev–Trinajstić information content (AvgIpc) is 2.74. The van der Waals surface area contributed by atoms with E-state index in [2.05, 4.69) is 5.32 Å². The zero-order valence-corrected chi connectivity index (χ0v) is 18.1. The molecule has 10 heteroatoms. The quantitative estimate of drug-likeness (QED) is 0.492. The third-order valence-electron chi connectivity index (χ3n) is 5.44. The Kier molecular flexibility index (Phi) is 6.61. The number of nitrogens with zero attached hydrogens (tertiary/aromatic N) is 1. The van der Waals surface area contributed by atoms with Crippen molar-refractivity contribution in [3.63, 3.8) is 0 Å². The fourth-order valence-corrected chi connectivity index (χ4v) is 4.63. The summed E-state index contributed by atoms with van der Waals surface area (Å²) < 4.78 is 32.6. The van der Waals surface area contributed by atoms with E-state index < -0.39 is 26.4 Å². The van der Waals surface area contributed by atoms with Crippen LogP contribution in [0.1, 0.15) is 37.0 Å². The maximum atomic E-state index is 12.6. The maximum Gasteiger partial charge on any atom is 0.293 e. The molecule has 31 heavy (non-hydrogen) atoms. The fourth-order valence-electron chi connectivity index (χ4n) is 3.63. The van der Waals surface area contributed by atoms with Crippen molar-refractivity contribution in [1.82, 2.24) is 4.72 Å². The fraction of sp³-hybridized carbons (Fsp3) is 0.381. The Morgan fingerprint density at radius 2 is 1.77 bits per heavy atom. The van der Waals surface area contributed by atoms with Crippen LogP contribution in [0.4, 0.5) is 11.4 Å². The number of nitrogens with one attached hydrogen (secondary N) is 2. The van der Waals surface area contributed by atoms with Gasteiger partial charge in [-0.1, -0.05) is 18.2 Å². The molecule has 0 aliphatic carbocycles. The molecule has 0 saturated carbocycles. The molecule has 2 aromatic rings. The summed E-state index contributed by atoms with van der Waals surface area (Å²) in [5.74, 6) is -0.569. The number of ether oxygens (including phenoxy) is 1. The van der Waals surface area contributed by atoms with Gasteiger partial charge in [-0.3, -0.25) is 14.9 Å². The molecule has 166 valence electrons. The second kappa shape index (κ2) is 9.03. The summed E-state index contributed by atoms with van der Waals surface area (Å²) >= 11 is 0. The zero-order valence-electron chi connectivity index (χ0n) is 17.3. The van der Waals surface area contributed by atoms with Gasteiger partial charge in [0, 0.05) is 30.4 Å². The van der Waals surface area contributed by atoms with Crippen molar-refractivity contribution >= 4 is 27.3 Å². The van der Waals surface area contributed by atoms with Crippen LogP contribution in [0.3, 0.4) is 0 Å². The van der Waals surface area contributed by atoms with Crippen LogP contribution in [0, 0.1) is 16.0 Å². The Labute approximate surface area is 181 Å². The van der Waals surface area contributed by atoms with E-state index in [4.69, 9.17) is 4.74 Å². The van der Waals surface area contributed by atoms with E-state index in [1.165, 1.54) is 24.3 Å². The van der Waals surface area contributed by atoms with Crippen LogP contribution >= 0.6 is 0 Å². The van der Waals surface area contributed by atoms with Crippen molar-refractivity contribution in [2.45, 2.75) is 37.1 Å². The van der Waals surface area contributed by atoms with Crippen molar-refractivity contribution < 1.29 is 22.9 Å². The number of hydrogen-bond donors (Lipinski definition) is 2. The Morgan fingerprint density at radius 1 is 1.13 bits per heavy atom. The SMILES string of the molecule is CC(C)(Nc1ccc(S(=O)(=O)NC(=O)c2ccccc2)cc1[N+](=O)[O-])C1CCOCC1. The van der Waals surface area contributed by atoms with Crippen LogP contribution in [0.15, 0.2) is 53.4 Å². The van der Waals surface area contributed by atoms with E-state index in [1.807, 2.05) is 18.6 Å². The summed E-state index contributed by atoms with van der Waals surface area (Å²) in [5, 5.41) is 14.9. The van der Waals surface area contributed by atoms with Gasteiger partial charge in [0.25, 0.3) is 21.6 Å². The highest BCUT2D eigenvalue weighted by Crippen LogP contribution is 2.35. The van der Waals surface area contributed by atoms with Gasteiger partial charge in [0.15, 0.2) is 0 Å². The summed E-state index contributed by atoms with van der Waals surface area (Å²) in [6.07, 6.45) is 1.65. The minimum absolute atomic E-state index is 0.164. The number of nitro benzene ring substituents is 1. The molecular weight excluding hydrogens is 422 g/mol. The van der Waals surface area contributed by atoms with Gasteiger partial charge in [0.05, 0.1) is 9.82 Å². The van der Waals surface area contributed by atoms with Crippen LogP contribution in [-0.2, 0) is 14.8 Å². The van der Waals surface area contributed by atoms with Crippen molar-refractivity contribution in [3.8, 4) is 0 Å². The number of nitro groups is 1. The highest BCUT2D eigenvalue weighted by Gasteiger charge is 2.33. The minimum Gasteiger partial charge on any atom is -0.381 e. The summed E-state index contributed by atoms with van der Waals surface area (Å²) in [6.45, 7) is 5.18. The van der Waals surface area contributed by atoms with Crippen LogP contribution in [0.5, 0.6) is 0 Å². The second-order valence-corrected chi connectivity index (χ2v) is 9.65. The molecule has 0 radical (unpaired) electrons. The molecule has 0 unspecified atom stereocenters. The molecule has 1 heterocycles. The predicted octanol–water partition coefficient (Wildman–Crippen LogP) is 3.33. The number of sulfonamides is 1. The molecule has 3 rings (SSSR count). The van der Waals surface area contributed by atoms with E-state index >= 15 is 0 Å². The first-order valence-corrected chi connectivity index (χ1v) is 11.3. The maximum absolute atomic E-state index is 12.6. The van der Waals surface area contributed by atoms with E-state index in [0.29, 0.717) is 13.2 Å². The lowest BCUT2D eigenvalue weighted by Crippen LogP contribution is -2.42. The highest BCUT2D eigenvalue weighted by atomic mass is 32.2. The summed E-state index contributed by atoms with van der Waals surface area (Å²) in [7, 11) is -4.29. The molecule has 1 aliphatic heterocycles. The Hall–Kier alpha value is -2.98. The smallest absolute Gasteiger partial charge is 0.293 e. The van der Waals surface area contributed by atoms with Crippen LogP contribution in [-0.4, -0.2) is 38.0 Å². The van der Waals surface area contributed by atoms with Crippen molar-refractivity contribution in [1.29, 1.82) is 0 Å². The second-order valence-electron chi connectivity index (χ2n) is 7.97. The molecule has 1 fully saturated rings. The topological polar surface area (TPSA) is 128 Å². The molecule has 0 atom stereocenters. The predicted molar refractivity (Wildman–Crippen MR) is 115 cm³/mol. The monoisotopic (exact) mass is 447 g/mol. The van der Waals surface area contributed by atoms with Gasteiger partial charge >= 0.3 is 0 Å². The molecule has 9 nitrogen and oxygen atoms in total. The van der Waals surface area contributed by atoms with Gasteiger partial charge in [0.1, 0.15) is 5.69 Å². The summed E-state index contributed by atoms with van der Waals surface area (Å²) in [4.78, 5) is 22.9. The minimum atomic E-state index is -4.29. The third kappa shape index (κ3) is 5.39. The molecule has 0 bridgehead atoms. The van der Waals surface area contributed by atoms with Crippen LogP contribution in [0.25, 0.3) is 0 Å². The number of hydrogen-bond acceptors (Lipinski definition) is 7. The summed E-state index contributed by atoms with van der Waals surface area (Å²) in [5.41, 5.74) is -0.460. The molecule has 1 aliphatic rings. The number of carbonyl (C=O) groups excluding carboxylic acids is 1. The van der Waals surface area contributed by atoms with Crippen LogP contribution < -0.4 is 10.0 Å². The molecule has 1 saturated heterocycles. The van der Waals surface area contributed by atoms with Gasteiger partial charge in [-0.05, 0) is 56.9 Å². The lowest BCUT2D eigenvalue weighted by molar-refractivity contribution is -0.384. The summed E-state index contributed by atoms with van der Waals surface area (Å²) in [6, 6.07) is 11.4. The average molecular weight is 448 g/mol.